The molecule has 5 N–H and O–H groups in total. The van der Waals surface area contributed by atoms with Crippen molar-refractivity contribution in [1.29, 1.82) is 0 Å². The fourth-order valence-electron chi connectivity index (χ4n) is 5.30. The highest BCUT2D eigenvalue weighted by Gasteiger charge is 2.33. The number of phenols is 2. The summed E-state index contributed by atoms with van der Waals surface area (Å²) in [5.41, 5.74) is 6.91. The largest absolute Gasteiger partial charge is 0.508 e. The van der Waals surface area contributed by atoms with E-state index in [1.165, 1.54) is 19.2 Å². The molecule has 40 heavy (non-hydrogen) atoms. The van der Waals surface area contributed by atoms with Crippen LogP contribution in [-0.4, -0.2) is 61.9 Å². The number of nitrogens with two attached hydrogens (primary N) is 1. The van der Waals surface area contributed by atoms with Crippen molar-refractivity contribution in [3.63, 3.8) is 0 Å². The van der Waals surface area contributed by atoms with E-state index in [0.29, 0.717) is 17.6 Å². The molecule has 0 unspecified atom stereocenters. The standard InChI is InChI=1S/C30H44N2O8/c1-16-10-9-11-17(2)29(35)32-23-15-21(33)14-22(25(23)34)27(38-7)20(5)13-24(37-6)28(39-8)19(4)12-18(3)26(16)40-30(31)36/h9-12,14-16,19-20,24,26-28,33-34H,13H2,1-8H3,(H2,31,36)(H,32,35)/b10-9-,17-11+,18-12-/t16-,19-,20+,24-,26-,27-,28-/m1/s1. The molecule has 0 aromatic heterocycles. The SMILES string of the molecule is CO[C@@H]1[C@H](C)/C=C(/C)[C@H](OC(N)=O)[C@H](C)/C=C\C=C(/C)C(=O)Nc2cc(O)cc(c2O)[C@H](OC)[C@@H](C)C[C@H]1OC. The quantitative estimate of drug-likeness (QED) is 0.229. The normalized spacial score (nSPS) is 32.2. The molecule has 0 radical (unpaired) electrons. The number of amides is 2. The van der Waals surface area contributed by atoms with E-state index in [1.807, 2.05) is 33.8 Å². The lowest BCUT2D eigenvalue weighted by Crippen LogP contribution is -2.37. The highest BCUT2D eigenvalue weighted by atomic mass is 16.6. The van der Waals surface area contributed by atoms with Gasteiger partial charge in [0.05, 0.1) is 24.0 Å². The second-order valence-electron chi connectivity index (χ2n) is 10.5. The van der Waals surface area contributed by atoms with Crippen molar-refractivity contribution in [1.82, 2.24) is 0 Å². The van der Waals surface area contributed by atoms with Crippen LogP contribution in [-0.2, 0) is 23.7 Å². The van der Waals surface area contributed by atoms with E-state index < -0.39 is 24.2 Å². The molecule has 0 spiro atoms. The summed E-state index contributed by atoms with van der Waals surface area (Å²) in [6, 6.07) is 2.71. The number of hydrogen-bond acceptors (Lipinski definition) is 8. The van der Waals surface area contributed by atoms with Crippen LogP contribution in [0.3, 0.4) is 0 Å². The highest BCUT2D eigenvalue weighted by Crippen LogP contribution is 2.42. The number of anilines is 1. The summed E-state index contributed by atoms with van der Waals surface area (Å²) in [5, 5.41) is 24.2. The number of ether oxygens (including phenoxy) is 4. The van der Waals surface area contributed by atoms with E-state index in [4.69, 9.17) is 24.7 Å². The topological polar surface area (TPSA) is 150 Å². The van der Waals surface area contributed by atoms with Gasteiger partial charge in [-0.2, -0.15) is 0 Å². The van der Waals surface area contributed by atoms with E-state index in [-0.39, 0.29) is 47.1 Å². The molecule has 10 nitrogen and oxygen atoms in total. The van der Waals surface area contributed by atoms with Crippen molar-refractivity contribution in [3.8, 4) is 11.5 Å². The molecule has 1 aromatic carbocycles. The minimum atomic E-state index is -0.891. The minimum absolute atomic E-state index is 0.0543. The summed E-state index contributed by atoms with van der Waals surface area (Å²) < 4.78 is 23.0. The molecule has 2 bridgehead atoms. The molecule has 7 atom stereocenters. The molecule has 2 amide bonds. The number of benzene rings is 1. The van der Waals surface area contributed by atoms with Crippen LogP contribution >= 0.6 is 0 Å². The number of aromatic hydroxyl groups is 2. The van der Waals surface area contributed by atoms with E-state index in [2.05, 4.69) is 5.32 Å². The molecular weight excluding hydrogens is 516 g/mol. The van der Waals surface area contributed by atoms with Crippen LogP contribution < -0.4 is 11.1 Å². The van der Waals surface area contributed by atoms with Gasteiger partial charge in [0.25, 0.3) is 5.91 Å². The number of nitrogens with one attached hydrogen (secondary N) is 1. The lowest BCUT2D eigenvalue weighted by Gasteiger charge is -2.33. The minimum Gasteiger partial charge on any atom is -0.508 e. The van der Waals surface area contributed by atoms with Crippen LogP contribution in [0.2, 0.25) is 0 Å². The number of phenolic OH excluding ortho intramolecular Hbond substituents is 2. The Morgan fingerprint density at radius 1 is 1.00 bits per heavy atom. The molecule has 0 saturated carbocycles. The van der Waals surface area contributed by atoms with Crippen molar-refractivity contribution in [3.05, 3.63) is 53.1 Å². The number of carbonyl (C=O) groups excluding carboxylic acids is 2. The molecule has 1 aliphatic heterocycles. The summed E-state index contributed by atoms with van der Waals surface area (Å²) in [6.07, 6.45) is 4.64. The lowest BCUT2D eigenvalue weighted by molar-refractivity contribution is -0.112. The predicted molar refractivity (Wildman–Crippen MR) is 153 cm³/mol. The van der Waals surface area contributed by atoms with Gasteiger partial charge in [-0.15, -0.1) is 0 Å². The van der Waals surface area contributed by atoms with Crippen LogP contribution in [0.15, 0.2) is 47.6 Å². The van der Waals surface area contributed by atoms with Crippen LogP contribution in [0.4, 0.5) is 10.5 Å². The first-order chi connectivity index (χ1) is 18.8. The molecule has 0 saturated heterocycles. The fraction of sp³-hybridized carbons (Fsp3) is 0.533. The molecule has 1 heterocycles. The van der Waals surface area contributed by atoms with Gasteiger partial charge < -0.3 is 40.2 Å². The zero-order valence-electron chi connectivity index (χ0n) is 24.6. The van der Waals surface area contributed by atoms with E-state index in [0.717, 1.165) is 5.57 Å². The van der Waals surface area contributed by atoms with Gasteiger partial charge >= 0.3 is 6.09 Å². The molecule has 1 aliphatic rings. The zero-order chi connectivity index (χ0) is 30.1. The summed E-state index contributed by atoms with van der Waals surface area (Å²) >= 11 is 0. The average Bonchev–Trinajstić information content (AvgIpc) is 2.88. The maximum Gasteiger partial charge on any atom is 0.405 e. The Morgan fingerprint density at radius 2 is 1.68 bits per heavy atom. The Morgan fingerprint density at radius 3 is 2.25 bits per heavy atom. The third-order valence-electron chi connectivity index (χ3n) is 7.33. The summed E-state index contributed by atoms with van der Waals surface area (Å²) in [6.45, 7) is 9.30. The number of primary amides is 1. The Hall–Kier alpha value is -3.34. The zero-order valence-corrected chi connectivity index (χ0v) is 24.6. The maximum absolute atomic E-state index is 12.9. The van der Waals surface area contributed by atoms with Gasteiger partial charge in [-0.05, 0) is 37.8 Å². The second kappa shape index (κ2) is 14.9. The van der Waals surface area contributed by atoms with E-state index in [1.54, 1.807) is 39.4 Å². The van der Waals surface area contributed by atoms with Gasteiger partial charge in [-0.1, -0.05) is 45.1 Å². The fourth-order valence-corrected chi connectivity index (χ4v) is 5.30. The third kappa shape index (κ3) is 8.33. The smallest absolute Gasteiger partial charge is 0.405 e. The lowest BCUT2D eigenvalue weighted by atomic mass is 9.86. The number of methoxy groups -OCH3 is 3. The molecule has 10 heteroatoms. The molecule has 2 rings (SSSR count). The summed E-state index contributed by atoms with van der Waals surface area (Å²) in [7, 11) is 4.73. The highest BCUT2D eigenvalue weighted by molar-refractivity contribution is 6.04. The van der Waals surface area contributed by atoms with Crippen molar-refractivity contribution < 1.29 is 38.7 Å². The first-order valence-electron chi connectivity index (χ1n) is 13.3. The van der Waals surface area contributed by atoms with Gasteiger partial charge in [0.1, 0.15) is 17.6 Å². The van der Waals surface area contributed by atoms with Crippen molar-refractivity contribution in [2.45, 2.75) is 65.5 Å². The number of fused-ring (bicyclic) bond motifs is 2. The van der Waals surface area contributed by atoms with Crippen LogP contribution in [0.1, 0.15) is 52.7 Å². The Labute approximate surface area is 236 Å². The maximum atomic E-state index is 12.9. The van der Waals surface area contributed by atoms with Crippen LogP contribution in [0, 0.1) is 17.8 Å². The van der Waals surface area contributed by atoms with Gasteiger partial charge in [-0.3, -0.25) is 4.79 Å². The van der Waals surface area contributed by atoms with E-state index in [9.17, 15) is 19.8 Å². The Kier molecular flexibility index (Phi) is 12.2. The van der Waals surface area contributed by atoms with E-state index >= 15 is 0 Å². The van der Waals surface area contributed by atoms with Gasteiger partial charge in [0.2, 0.25) is 0 Å². The van der Waals surface area contributed by atoms with Gasteiger partial charge in [0.15, 0.2) is 0 Å². The van der Waals surface area contributed by atoms with Crippen molar-refractivity contribution in [2.75, 3.05) is 26.6 Å². The molecule has 0 fully saturated rings. The number of allylic oxidation sites excluding steroid dienone is 2. The monoisotopic (exact) mass is 560 g/mol. The van der Waals surface area contributed by atoms with Crippen molar-refractivity contribution >= 4 is 17.7 Å². The Bertz CT molecular complexity index is 1130. The number of hydrogen-bond donors (Lipinski definition) is 4. The Balaban J connectivity index is 2.67. The summed E-state index contributed by atoms with van der Waals surface area (Å²) in [4.78, 5) is 24.6. The number of rotatable bonds is 4. The first-order valence-corrected chi connectivity index (χ1v) is 13.3. The third-order valence-corrected chi connectivity index (χ3v) is 7.33. The second-order valence-corrected chi connectivity index (χ2v) is 10.5. The molecule has 1 aromatic rings. The first kappa shape index (κ1) is 32.9. The van der Waals surface area contributed by atoms with Crippen molar-refractivity contribution in [2.24, 2.45) is 23.5 Å². The summed E-state index contributed by atoms with van der Waals surface area (Å²) in [5.74, 6) is -1.43. The van der Waals surface area contributed by atoms with Crippen LogP contribution in [0.5, 0.6) is 11.5 Å². The van der Waals surface area contributed by atoms with Crippen LogP contribution in [0.25, 0.3) is 0 Å². The average molecular weight is 561 g/mol. The predicted octanol–water partition coefficient (Wildman–Crippen LogP) is 4.98. The molecule has 222 valence electrons. The van der Waals surface area contributed by atoms with Gasteiger partial charge in [-0.25, -0.2) is 4.79 Å². The van der Waals surface area contributed by atoms with Gasteiger partial charge in [0, 0.05) is 50.4 Å². The molecular formula is C30H44N2O8. The number of carbonyl (C=O) groups is 2. The molecule has 0 aliphatic carbocycles.